The summed E-state index contributed by atoms with van der Waals surface area (Å²) in [5.41, 5.74) is 4.39. The summed E-state index contributed by atoms with van der Waals surface area (Å²) in [6, 6.07) is 0. The summed E-state index contributed by atoms with van der Waals surface area (Å²) in [6.07, 6.45) is 5.05. The molecule has 0 saturated heterocycles. The summed E-state index contributed by atoms with van der Waals surface area (Å²) in [5, 5.41) is 5.44. The lowest BCUT2D eigenvalue weighted by Gasteiger charge is -2.06. The third-order valence-electron chi connectivity index (χ3n) is 2.85. The molecule has 0 aliphatic heterocycles. The van der Waals surface area contributed by atoms with Crippen molar-refractivity contribution in [3.8, 4) is 0 Å². The zero-order valence-corrected chi connectivity index (χ0v) is 11.0. The summed E-state index contributed by atoms with van der Waals surface area (Å²) in [4.78, 5) is 13.6. The standard InChI is InChI=1S/C12H13N5S/c1-8-6-18-12-16-9(2)11(17(8)12)5-15-10-3-13-7-14-4-10/h3-4,6-7,15H,5H2,1-2H3. The molecule has 0 aromatic carbocycles. The quantitative estimate of drug-likeness (QED) is 0.784. The first-order chi connectivity index (χ1) is 8.75. The van der Waals surface area contributed by atoms with Gasteiger partial charge in [0.1, 0.15) is 6.33 Å². The minimum absolute atomic E-state index is 0.720. The minimum Gasteiger partial charge on any atom is -0.377 e. The van der Waals surface area contributed by atoms with Crippen LogP contribution in [-0.4, -0.2) is 19.4 Å². The van der Waals surface area contributed by atoms with Gasteiger partial charge in [0.15, 0.2) is 4.96 Å². The fourth-order valence-electron chi connectivity index (χ4n) is 1.95. The number of hydrogen-bond acceptors (Lipinski definition) is 5. The van der Waals surface area contributed by atoms with E-state index in [0.29, 0.717) is 0 Å². The number of anilines is 1. The number of nitrogens with one attached hydrogen (secondary N) is 1. The monoisotopic (exact) mass is 259 g/mol. The van der Waals surface area contributed by atoms with E-state index in [1.165, 1.54) is 17.7 Å². The Labute approximate surface area is 109 Å². The van der Waals surface area contributed by atoms with Crippen molar-refractivity contribution in [3.05, 3.63) is 41.2 Å². The van der Waals surface area contributed by atoms with Gasteiger partial charge in [-0.25, -0.2) is 15.0 Å². The van der Waals surface area contributed by atoms with Gasteiger partial charge in [0.2, 0.25) is 0 Å². The van der Waals surface area contributed by atoms with Gasteiger partial charge in [-0.15, -0.1) is 11.3 Å². The molecule has 0 aliphatic carbocycles. The van der Waals surface area contributed by atoms with Crippen molar-refractivity contribution >= 4 is 22.0 Å². The molecule has 0 bridgehead atoms. The fourth-order valence-corrected chi connectivity index (χ4v) is 2.88. The molecule has 3 rings (SSSR count). The maximum Gasteiger partial charge on any atom is 0.194 e. The molecule has 3 heterocycles. The molecule has 0 spiro atoms. The third-order valence-corrected chi connectivity index (χ3v) is 3.79. The number of aryl methyl sites for hydroxylation is 2. The second kappa shape index (κ2) is 4.38. The van der Waals surface area contributed by atoms with Gasteiger partial charge >= 0.3 is 0 Å². The molecule has 3 aromatic heterocycles. The van der Waals surface area contributed by atoms with Crippen LogP contribution in [0.5, 0.6) is 0 Å². The Morgan fingerprint density at radius 2 is 2.06 bits per heavy atom. The summed E-state index contributed by atoms with van der Waals surface area (Å²) >= 11 is 1.67. The van der Waals surface area contributed by atoms with E-state index in [9.17, 15) is 0 Å². The lowest BCUT2D eigenvalue weighted by molar-refractivity contribution is 0.962. The topological polar surface area (TPSA) is 55.1 Å². The van der Waals surface area contributed by atoms with E-state index < -0.39 is 0 Å². The Morgan fingerprint density at radius 1 is 1.28 bits per heavy atom. The van der Waals surface area contributed by atoms with E-state index in [1.807, 2.05) is 6.92 Å². The number of rotatable bonds is 3. The Morgan fingerprint density at radius 3 is 2.83 bits per heavy atom. The summed E-state index contributed by atoms with van der Waals surface area (Å²) < 4.78 is 2.19. The highest BCUT2D eigenvalue weighted by Gasteiger charge is 2.11. The summed E-state index contributed by atoms with van der Waals surface area (Å²) in [6.45, 7) is 4.86. The van der Waals surface area contributed by atoms with Gasteiger partial charge in [0.05, 0.1) is 36.0 Å². The molecule has 0 atom stereocenters. The van der Waals surface area contributed by atoms with E-state index in [4.69, 9.17) is 0 Å². The Balaban J connectivity index is 1.90. The molecule has 1 N–H and O–H groups in total. The molecule has 0 radical (unpaired) electrons. The highest BCUT2D eigenvalue weighted by molar-refractivity contribution is 7.15. The minimum atomic E-state index is 0.720. The van der Waals surface area contributed by atoms with Crippen LogP contribution >= 0.6 is 11.3 Å². The van der Waals surface area contributed by atoms with E-state index >= 15 is 0 Å². The molecule has 0 amide bonds. The van der Waals surface area contributed by atoms with E-state index in [0.717, 1.165) is 22.9 Å². The van der Waals surface area contributed by atoms with Gasteiger partial charge in [0.25, 0.3) is 0 Å². The lowest BCUT2D eigenvalue weighted by atomic mass is 10.3. The van der Waals surface area contributed by atoms with Crippen LogP contribution in [0.15, 0.2) is 24.1 Å². The van der Waals surface area contributed by atoms with Gasteiger partial charge in [0, 0.05) is 11.1 Å². The van der Waals surface area contributed by atoms with Crippen molar-refractivity contribution in [2.24, 2.45) is 0 Å². The number of aromatic nitrogens is 4. The van der Waals surface area contributed by atoms with Gasteiger partial charge < -0.3 is 5.32 Å². The Hall–Kier alpha value is -1.95. The first-order valence-electron chi connectivity index (χ1n) is 5.66. The predicted molar refractivity (Wildman–Crippen MR) is 71.9 cm³/mol. The van der Waals surface area contributed by atoms with Crippen LogP contribution in [0.2, 0.25) is 0 Å². The number of fused-ring (bicyclic) bond motifs is 1. The maximum absolute atomic E-state index is 4.56. The average molecular weight is 259 g/mol. The molecular formula is C12H13N5S. The van der Waals surface area contributed by atoms with Crippen LogP contribution in [-0.2, 0) is 6.54 Å². The van der Waals surface area contributed by atoms with Crippen LogP contribution < -0.4 is 5.32 Å². The predicted octanol–water partition coefficient (Wildman–Crippen LogP) is 2.41. The molecule has 0 aliphatic rings. The molecule has 0 saturated carbocycles. The molecule has 18 heavy (non-hydrogen) atoms. The van der Waals surface area contributed by atoms with Gasteiger partial charge in [-0.05, 0) is 13.8 Å². The average Bonchev–Trinajstić information content (AvgIpc) is 2.88. The van der Waals surface area contributed by atoms with Crippen molar-refractivity contribution in [2.75, 3.05) is 5.32 Å². The third kappa shape index (κ3) is 1.84. The van der Waals surface area contributed by atoms with Crippen LogP contribution in [0.25, 0.3) is 4.96 Å². The molecular weight excluding hydrogens is 246 g/mol. The highest BCUT2D eigenvalue weighted by atomic mass is 32.1. The van der Waals surface area contributed by atoms with Gasteiger partial charge in [-0.3, -0.25) is 4.40 Å². The zero-order valence-electron chi connectivity index (χ0n) is 10.2. The van der Waals surface area contributed by atoms with Crippen LogP contribution in [0.3, 0.4) is 0 Å². The second-order valence-electron chi connectivity index (χ2n) is 4.12. The van der Waals surface area contributed by atoms with Crippen molar-refractivity contribution in [2.45, 2.75) is 20.4 Å². The molecule has 3 aromatic rings. The van der Waals surface area contributed by atoms with Gasteiger partial charge in [-0.1, -0.05) is 0 Å². The van der Waals surface area contributed by atoms with Crippen LogP contribution in [0, 0.1) is 13.8 Å². The van der Waals surface area contributed by atoms with E-state index in [1.54, 1.807) is 23.7 Å². The number of imidazole rings is 1. The highest BCUT2D eigenvalue weighted by Crippen LogP contribution is 2.21. The second-order valence-corrected chi connectivity index (χ2v) is 4.96. The van der Waals surface area contributed by atoms with Crippen molar-refractivity contribution in [1.29, 1.82) is 0 Å². The summed E-state index contributed by atoms with van der Waals surface area (Å²) in [5.74, 6) is 0. The van der Waals surface area contributed by atoms with Crippen molar-refractivity contribution in [1.82, 2.24) is 19.4 Å². The fraction of sp³-hybridized carbons (Fsp3) is 0.250. The molecule has 6 heteroatoms. The molecule has 0 fully saturated rings. The number of thiazole rings is 1. The van der Waals surface area contributed by atoms with Crippen molar-refractivity contribution in [3.63, 3.8) is 0 Å². The smallest absolute Gasteiger partial charge is 0.194 e. The summed E-state index contributed by atoms with van der Waals surface area (Å²) in [7, 11) is 0. The van der Waals surface area contributed by atoms with E-state index in [2.05, 4.69) is 37.0 Å². The first kappa shape index (κ1) is 11.2. The number of hydrogen-bond donors (Lipinski definition) is 1. The first-order valence-corrected chi connectivity index (χ1v) is 6.54. The largest absolute Gasteiger partial charge is 0.377 e. The van der Waals surface area contributed by atoms with E-state index in [-0.39, 0.29) is 0 Å². The molecule has 5 nitrogen and oxygen atoms in total. The SMILES string of the molecule is Cc1nc2scc(C)n2c1CNc1cncnc1. The van der Waals surface area contributed by atoms with Crippen LogP contribution in [0.1, 0.15) is 17.1 Å². The normalized spacial score (nSPS) is 11.0. The molecule has 0 unspecified atom stereocenters. The Kier molecular flexibility index (Phi) is 2.71. The van der Waals surface area contributed by atoms with Crippen LogP contribution in [0.4, 0.5) is 5.69 Å². The molecule has 92 valence electrons. The Bertz CT molecular complexity index is 670. The lowest BCUT2D eigenvalue weighted by Crippen LogP contribution is -2.05. The number of nitrogens with zero attached hydrogens (tertiary/aromatic N) is 4. The zero-order chi connectivity index (χ0) is 12.5. The maximum atomic E-state index is 4.56. The van der Waals surface area contributed by atoms with Gasteiger partial charge in [-0.2, -0.15) is 0 Å². The van der Waals surface area contributed by atoms with Crippen molar-refractivity contribution < 1.29 is 0 Å².